The molecule has 0 aliphatic carbocycles. The van der Waals surface area contributed by atoms with Crippen LogP contribution in [0, 0.1) is 0 Å². The Morgan fingerprint density at radius 3 is 2.00 bits per heavy atom. The molecule has 0 spiro atoms. The summed E-state index contributed by atoms with van der Waals surface area (Å²) < 4.78 is 20.4. The lowest BCUT2D eigenvalue weighted by Gasteiger charge is -2.20. The Hall–Kier alpha value is -0.363. The van der Waals surface area contributed by atoms with E-state index in [1.807, 2.05) is 6.08 Å². The van der Waals surface area contributed by atoms with Crippen LogP contribution in [0.4, 0.5) is 0 Å². The van der Waals surface area contributed by atoms with Gasteiger partial charge in [-0.05, 0) is 6.42 Å². The van der Waals surface area contributed by atoms with Crippen molar-refractivity contribution in [1.82, 2.24) is 0 Å². The van der Waals surface area contributed by atoms with Crippen molar-refractivity contribution in [2.24, 2.45) is 0 Å². The van der Waals surface area contributed by atoms with E-state index in [0.717, 1.165) is 12.8 Å². The molecule has 0 amide bonds. The predicted molar refractivity (Wildman–Crippen MR) is 51.9 cm³/mol. The molecule has 5 heteroatoms. The van der Waals surface area contributed by atoms with Crippen LogP contribution in [0.25, 0.3) is 0 Å². The first-order valence-electron chi connectivity index (χ1n) is 4.23. The van der Waals surface area contributed by atoms with Gasteiger partial charge in [-0.2, -0.15) is 0 Å². The van der Waals surface area contributed by atoms with Crippen molar-refractivity contribution in [3.05, 3.63) is 12.3 Å². The second-order valence-electron chi connectivity index (χ2n) is 2.39. The fourth-order valence-electron chi connectivity index (χ4n) is 0.760. The fraction of sp³-hybridized carbons (Fsp3) is 0.750. The van der Waals surface area contributed by atoms with E-state index in [0.29, 0.717) is 0 Å². The van der Waals surface area contributed by atoms with E-state index < -0.39 is 9.05 Å². The molecule has 13 heavy (non-hydrogen) atoms. The summed E-state index contributed by atoms with van der Waals surface area (Å²) in [6.07, 6.45) is 5.55. The minimum Gasteiger partial charge on any atom is -0.487 e. The summed E-state index contributed by atoms with van der Waals surface area (Å²) in [4.78, 5) is 0. The first kappa shape index (κ1) is 12.6. The van der Waals surface area contributed by atoms with Crippen LogP contribution in [0.3, 0.4) is 0 Å². The molecule has 78 valence electrons. The molecular weight excluding hydrogens is 188 g/mol. The van der Waals surface area contributed by atoms with Crippen molar-refractivity contribution in [1.29, 1.82) is 0 Å². The summed E-state index contributed by atoms with van der Waals surface area (Å²) in [5.74, 6) is 0. The monoisotopic (exact) mass is 206 g/mol. The smallest absolute Gasteiger partial charge is 0.487 e. The molecule has 0 aromatic carbocycles. The number of rotatable bonds is 7. The molecule has 0 saturated heterocycles. The summed E-state index contributed by atoms with van der Waals surface area (Å²) in [7, 11) is 1.67. The molecule has 0 aromatic heterocycles. The number of hydrogen-bond acceptors (Lipinski definition) is 4. The van der Waals surface area contributed by atoms with E-state index in [-0.39, 0.29) is 0 Å². The van der Waals surface area contributed by atoms with Crippen LogP contribution in [0.15, 0.2) is 12.3 Å². The van der Waals surface area contributed by atoms with Crippen molar-refractivity contribution in [3.8, 4) is 0 Å². The van der Waals surface area contributed by atoms with Gasteiger partial charge in [0, 0.05) is 21.3 Å². The molecule has 0 aliphatic rings. The van der Waals surface area contributed by atoms with Gasteiger partial charge in [0.2, 0.25) is 0 Å². The zero-order valence-corrected chi connectivity index (χ0v) is 9.70. The molecule has 0 heterocycles. The Morgan fingerprint density at radius 1 is 1.08 bits per heavy atom. The minimum atomic E-state index is -2.85. The van der Waals surface area contributed by atoms with Crippen molar-refractivity contribution in [3.63, 3.8) is 0 Å². The highest BCUT2D eigenvalue weighted by Gasteiger charge is 2.43. The molecule has 0 unspecified atom stereocenters. The van der Waals surface area contributed by atoms with Gasteiger partial charge < -0.3 is 17.7 Å². The summed E-state index contributed by atoms with van der Waals surface area (Å²) in [6, 6.07) is 0. The van der Waals surface area contributed by atoms with Gasteiger partial charge in [-0.1, -0.05) is 19.4 Å². The summed E-state index contributed by atoms with van der Waals surface area (Å²) in [5.41, 5.74) is 0. The average molecular weight is 206 g/mol. The molecule has 0 saturated carbocycles. The van der Waals surface area contributed by atoms with E-state index in [1.54, 1.807) is 6.26 Å². The molecule has 0 radical (unpaired) electrons. The Balaban J connectivity index is 3.94. The largest absolute Gasteiger partial charge is 0.748 e. The van der Waals surface area contributed by atoms with Crippen LogP contribution >= 0.6 is 0 Å². The maximum atomic E-state index is 5.27. The normalized spacial score (nSPS) is 12.3. The zero-order valence-electron chi connectivity index (χ0n) is 8.70. The molecule has 0 bridgehead atoms. The summed E-state index contributed by atoms with van der Waals surface area (Å²) in [6.45, 7) is 2.10. The SMILES string of the molecule is CCCC=CO[Si](OC)(OC)OC. The van der Waals surface area contributed by atoms with Crippen LogP contribution in [0.2, 0.25) is 0 Å². The number of allylic oxidation sites excluding steroid dienone is 1. The highest BCUT2D eigenvalue weighted by molar-refractivity contribution is 6.53. The molecule has 0 aliphatic heterocycles. The van der Waals surface area contributed by atoms with E-state index in [9.17, 15) is 0 Å². The molecule has 0 fully saturated rings. The zero-order chi connectivity index (χ0) is 10.2. The molecule has 0 rings (SSSR count). The third kappa shape index (κ3) is 4.42. The van der Waals surface area contributed by atoms with Crippen molar-refractivity contribution >= 4 is 9.05 Å². The van der Waals surface area contributed by atoms with Gasteiger partial charge in [-0.3, -0.25) is 0 Å². The highest BCUT2D eigenvalue weighted by Crippen LogP contribution is 2.08. The summed E-state index contributed by atoms with van der Waals surface area (Å²) in [5, 5.41) is 0. The predicted octanol–water partition coefficient (Wildman–Crippen LogP) is 1.69. The van der Waals surface area contributed by atoms with Crippen molar-refractivity contribution < 1.29 is 17.7 Å². The molecule has 4 nitrogen and oxygen atoms in total. The first-order valence-corrected chi connectivity index (χ1v) is 5.86. The van der Waals surface area contributed by atoms with Gasteiger partial charge in [-0.25, -0.2) is 0 Å². The summed E-state index contributed by atoms with van der Waals surface area (Å²) >= 11 is 0. The number of unbranched alkanes of at least 4 members (excludes halogenated alkanes) is 1. The van der Waals surface area contributed by atoms with Gasteiger partial charge in [0.1, 0.15) is 0 Å². The van der Waals surface area contributed by atoms with E-state index in [1.165, 1.54) is 21.3 Å². The second-order valence-corrected chi connectivity index (χ2v) is 4.85. The molecule has 0 N–H and O–H groups in total. The fourth-order valence-corrected chi connectivity index (χ4v) is 1.81. The maximum absolute atomic E-state index is 5.27. The van der Waals surface area contributed by atoms with Gasteiger partial charge >= 0.3 is 9.05 Å². The lowest BCUT2D eigenvalue weighted by molar-refractivity contribution is 0.0348. The van der Waals surface area contributed by atoms with E-state index in [2.05, 4.69) is 6.92 Å². The van der Waals surface area contributed by atoms with Crippen molar-refractivity contribution in [2.45, 2.75) is 19.8 Å². The molecule has 0 aromatic rings. The lowest BCUT2D eigenvalue weighted by atomic mass is 10.3. The van der Waals surface area contributed by atoms with Gasteiger partial charge in [-0.15, -0.1) is 0 Å². The van der Waals surface area contributed by atoms with Gasteiger partial charge in [0.15, 0.2) is 0 Å². The average Bonchev–Trinajstić information content (AvgIpc) is 2.20. The number of hydrogen-bond donors (Lipinski definition) is 0. The van der Waals surface area contributed by atoms with Crippen LogP contribution in [-0.4, -0.2) is 30.4 Å². The topological polar surface area (TPSA) is 36.9 Å². The first-order chi connectivity index (χ1) is 6.24. The molecular formula is C8H18O4Si. The quantitative estimate of drug-likeness (QED) is 0.469. The second kappa shape index (κ2) is 7.08. The Labute approximate surface area is 80.9 Å². The molecule has 0 atom stereocenters. The van der Waals surface area contributed by atoms with Crippen LogP contribution in [0.1, 0.15) is 19.8 Å². The Bertz CT molecular complexity index is 137. The van der Waals surface area contributed by atoms with E-state index >= 15 is 0 Å². The minimum absolute atomic E-state index is 0.974. The van der Waals surface area contributed by atoms with Crippen LogP contribution in [-0.2, 0) is 17.7 Å². The third-order valence-electron chi connectivity index (χ3n) is 1.51. The highest BCUT2D eigenvalue weighted by atomic mass is 28.4. The van der Waals surface area contributed by atoms with Crippen molar-refractivity contribution in [2.75, 3.05) is 21.3 Å². The van der Waals surface area contributed by atoms with Gasteiger partial charge in [0.25, 0.3) is 0 Å². The third-order valence-corrected chi connectivity index (χ3v) is 3.44. The Morgan fingerprint density at radius 2 is 1.62 bits per heavy atom. The van der Waals surface area contributed by atoms with Gasteiger partial charge in [0.05, 0.1) is 6.26 Å². The Kier molecular flexibility index (Phi) is 6.88. The van der Waals surface area contributed by atoms with Crippen LogP contribution < -0.4 is 0 Å². The van der Waals surface area contributed by atoms with E-state index in [4.69, 9.17) is 17.7 Å². The van der Waals surface area contributed by atoms with Crippen LogP contribution in [0.5, 0.6) is 0 Å². The standard InChI is InChI=1S/C8H18O4Si/c1-5-6-7-8-12-13(9-2,10-3)11-4/h7-8H,5-6H2,1-4H3. The maximum Gasteiger partial charge on any atom is 0.748 e. The lowest BCUT2D eigenvalue weighted by Crippen LogP contribution is -2.44.